The first-order valence-corrected chi connectivity index (χ1v) is 6.44. The number of anilines is 1. The Balaban J connectivity index is 2.30. The molecule has 0 heterocycles. The number of hydrogen-bond acceptors (Lipinski definition) is 2. The fourth-order valence-electron chi connectivity index (χ4n) is 1.76. The molecule has 0 aromatic heterocycles. The summed E-state index contributed by atoms with van der Waals surface area (Å²) in [6, 6.07) is 19.9. The van der Waals surface area contributed by atoms with Crippen LogP contribution in [0.15, 0.2) is 59.1 Å². The van der Waals surface area contributed by atoms with Gasteiger partial charge in [0, 0.05) is 10.2 Å². The molecule has 0 aliphatic rings. The molecule has 2 nitrogen and oxygen atoms in total. The Labute approximate surface area is 115 Å². The van der Waals surface area contributed by atoms with E-state index < -0.39 is 5.54 Å². The van der Waals surface area contributed by atoms with Crippen molar-refractivity contribution in [1.82, 2.24) is 0 Å². The zero-order chi connectivity index (χ0) is 13.0. The quantitative estimate of drug-likeness (QED) is 0.917. The third-order valence-electron chi connectivity index (χ3n) is 2.81. The Morgan fingerprint density at radius 1 is 1.06 bits per heavy atom. The van der Waals surface area contributed by atoms with E-state index in [-0.39, 0.29) is 0 Å². The highest BCUT2D eigenvalue weighted by atomic mass is 79.9. The second-order valence-electron chi connectivity index (χ2n) is 4.23. The van der Waals surface area contributed by atoms with Crippen LogP contribution >= 0.6 is 15.9 Å². The smallest absolute Gasteiger partial charge is 0.148 e. The van der Waals surface area contributed by atoms with E-state index in [4.69, 9.17) is 0 Å². The molecular weight excluding hydrogens is 288 g/mol. The van der Waals surface area contributed by atoms with Gasteiger partial charge in [0.2, 0.25) is 0 Å². The van der Waals surface area contributed by atoms with E-state index in [0.717, 1.165) is 15.7 Å². The summed E-state index contributed by atoms with van der Waals surface area (Å²) in [5.41, 5.74) is 1.15. The average Bonchev–Trinajstić information content (AvgIpc) is 2.42. The SMILES string of the molecule is CC(C#N)(Nc1ccc(Br)cc1)c1ccccc1. The minimum Gasteiger partial charge on any atom is -0.364 e. The first kappa shape index (κ1) is 12.7. The number of rotatable bonds is 3. The predicted octanol–water partition coefficient (Wildman–Crippen LogP) is 4.30. The molecular formula is C15H13BrN2. The average molecular weight is 301 g/mol. The molecule has 0 aliphatic heterocycles. The van der Waals surface area contributed by atoms with Crippen molar-refractivity contribution >= 4 is 21.6 Å². The van der Waals surface area contributed by atoms with Gasteiger partial charge in [-0.05, 0) is 36.8 Å². The van der Waals surface area contributed by atoms with Crippen LogP contribution in [0, 0.1) is 11.3 Å². The predicted molar refractivity (Wildman–Crippen MR) is 77.2 cm³/mol. The third kappa shape index (κ3) is 2.72. The van der Waals surface area contributed by atoms with Crippen molar-refractivity contribution in [3.8, 4) is 6.07 Å². The van der Waals surface area contributed by atoms with E-state index in [1.165, 1.54) is 0 Å². The van der Waals surface area contributed by atoms with Crippen molar-refractivity contribution in [3.05, 3.63) is 64.6 Å². The van der Waals surface area contributed by atoms with E-state index in [2.05, 4.69) is 27.3 Å². The number of nitrogens with one attached hydrogen (secondary N) is 1. The summed E-state index contributed by atoms with van der Waals surface area (Å²) < 4.78 is 1.02. The van der Waals surface area contributed by atoms with Crippen LogP contribution in [0.3, 0.4) is 0 Å². The van der Waals surface area contributed by atoms with Gasteiger partial charge >= 0.3 is 0 Å². The maximum atomic E-state index is 9.43. The summed E-state index contributed by atoms with van der Waals surface area (Å²) >= 11 is 3.39. The molecule has 0 amide bonds. The molecule has 3 heteroatoms. The summed E-state index contributed by atoms with van der Waals surface area (Å²) in [5, 5.41) is 12.7. The Morgan fingerprint density at radius 2 is 1.67 bits per heavy atom. The van der Waals surface area contributed by atoms with Crippen LogP contribution in [0.2, 0.25) is 0 Å². The lowest BCUT2D eigenvalue weighted by Crippen LogP contribution is -2.29. The first-order valence-electron chi connectivity index (χ1n) is 5.64. The zero-order valence-electron chi connectivity index (χ0n) is 10.0. The van der Waals surface area contributed by atoms with Crippen molar-refractivity contribution in [2.75, 3.05) is 5.32 Å². The topological polar surface area (TPSA) is 35.8 Å². The first-order chi connectivity index (χ1) is 8.64. The van der Waals surface area contributed by atoms with Gasteiger partial charge in [0.25, 0.3) is 0 Å². The molecule has 2 aromatic carbocycles. The molecule has 0 spiro atoms. The molecule has 2 rings (SSSR count). The highest BCUT2D eigenvalue weighted by Gasteiger charge is 2.25. The van der Waals surface area contributed by atoms with Crippen molar-refractivity contribution in [2.45, 2.75) is 12.5 Å². The molecule has 1 atom stereocenters. The van der Waals surface area contributed by atoms with Crippen LogP contribution in [0.1, 0.15) is 12.5 Å². The number of nitriles is 1. The summed E-state index contributed by atoms with van der Waals surface area (Å²) in [7, 11) is 0. The number of halogens is 1. The maximum absolute atomic E-state index is 9.43. The molecule has 0 aliphatic carbocycles. The van der Waals surface area contributed by atoms with Gasteiger partial charge in [-0.3, -0.25) is 0 Å². The number of nitrogens with zero attached hydrogens (tertiary/aromatic N) is 1. The standard InChI is InChI=1S/C15H13BrN2/c1-15(11-17,12-5-3-2-4-6-12)18-14-9-7-13(16)8-10-14/h2-10,18H,1H3. The lowest BCUT2D eigenvalue weighted by molar-refractivity contribution is 0.706. The zero-order valence-corrected chi connectivity index (χ0v) is 11.6. The minimum absolute atomic E-state index is 0.727. The lowest BCUT2D eigenvalue weighted by Gasteiger charge is -2.25. The Bertz CT molecular complexity index is 557. The van der Waals surface area contributed by atoms with Gasteiger partial charge in [0.1, 0.15) is 5.54 Å². The molecule has 0 saturated carbocycles. The fraction of sp³-hybridized carbons (Fsp3) is 0.133. The van der Waals surface area contributed by atoms with Gasteiger partial charge in [-0.25, -0.2) is 0 Å². The summed E-state index contributed by atoms with van der Waals surface area (Å²) in [6.07, 6.45) is 0. The van der Waals surface area contributed by atoms with Gasteiger partial charge in [-0.2, -0.15) is 5.26 Å². The molecule has 0 bridgehead atoms. The van der Waals surface area contributed by atoms with Gasteiger partial charge in [0.05, 0.1) is 6.07 Å². The number of hydrogen-bond donors (Lipinski definition) is 1. The van der Waals surface area contributed by atoms with E-state index >= 15 is 0 Å². The second-order valence-corrected chi connectivity index (χ2v) is 5.15. The van der Waals surface area contributed by atoms with Crippen molar-refractivity contribution in [1.29, 1.82) is 5.26 Å². The summed E-state index contributed by atoms with van der Waals surface area (Å²) in [5.74, 6) is 0. The molecule has 0 saturated heterocycles. The Kier molecular flexibility index (Phi) is 3.69. The maximum Gasteiger partial charge on any atom is 0.148 e. The molecule has 0 fully saturated rings. The van der Waals surface area contributed by atoms with Crippen LogP contribution in [-0.2, 0) is 5.54 Å². The van der Waals surface area contributed by atoms with Crippen LogP contribution in [-0.4, -0.2) is 0 Å². The molecule has 90 valence electrons. The fourth-order valence-corrected chi connectivity index (χ4v) is 2.02. The molecule has 0 radical (unpaired) electrons. The van der Waals surface area contributed by atoms with Crippen molar-refractivity contribution in [3.63, 3.8) is 0 Å². The molecule has 2 aromatic rings. The largest absolute Gasteiger partial charge is 0.364 e. The normalized spacial score (nSPS) is 13.4. The second kappa shape index (κ2) is 5.24. The van der Waals surface area contributed by atoms with Crippen LogP contribution < -0.4 is 5.32 Å². The van der Waals surface area contributed by atoms with Crippen LogP contribution in [0.25, 0.3) is 0 Å². The summed E-state index contributed by atoms with van der Waals surface area (Å²) in [4.78, 5) is 0. The highest BCUT2D eigenvalue weighted by Crippen LogP contribution is 2.26. The molecule has 18 heavy (non-hydrogen) atoms. The van der Waals surface area contributed by atoms with Gasteiger partial charge in [-0.15, -0.1) is 0 Å². The van der Waals surface area contributed by atoms with E-state index in [1.54, 1.807) is 0 Å². The summed E-state index contributed by atoms with van der Waals surface area (Å²) in [6.45, 7) is 1.88. The Morgan fingerprint density at radius 3 is 2.22 bits per heavy atom. The highest BCUT2D eigenvalue weighted by molar-refractivity contribution is 9.10. The minimum atomic E-state index is -0.727. The van der Waals surface area contributed by atoms with Gasteiger partial charge in [0.15, 0.2) is 0 Å². The van der Waals surface area contributed by atoms with E-state index in [1.807, 2.05) is 61.5 Å². The van der Waals surface area contributed by atoms with E-state index in [0.29, 0.717) is 0 Å². The molecule has 1 N–H and O–H groups in total. The van der Waals surface area contributed by atoms with Gasteiger partial charge in [-0.1, -0.05) is 46.3 Å². The number of benzene rings is 2. The van der Waals surface area contributed by atoms with Crippen LogP contribution in [0.5, 0.6) is 0 Å². The third-order valence-corrected chi connectivity index (χ3v) is 3.34. The van der Waals surface area contributed by atoms with Crippen LogP contribution in [0.4, 0.5) is 5.69 Å². The van der Waals surface area contributed by atoms with Gasteiger partial charge < -0.3 is 5.32 Å². The van der Waals surface area contributed by atoms with Crippen molar-refractivity contribution < 1.29 is 0 Å². The Hall–Kier alpha value is -1.79. The molecule has 1 unspecified atom stereocenters. The lowest BCUT2D eigenvalue weighted by atomic mass is 9.93. The van der Waals surface area contributed by atoms with E-state index in [9.17, 15) is 5.26 Å². The monoisotopic (exact) mass is 300 g/mol. The van der Waals surface area contributed by atoms with Crippen molar-refractivity contribution in [2.24, 2.45) is 0 Å².